The van der Waals surface area contributed by atoms with Gasteiger partial charge in [-0.05, 0) is 61.4 Å². The summed E-state index contributed by atoms with van der Waals surface area (Å²) in [6.07, 6.45) is 2.20. The molecule has 7 nitrogen and oxygen atoms in total. The molecule has 1 fully saturated rings. The smallest absolute Gasteiger partial charge is 0.243 e. The van der Waals surface area contributed by atoms with Crippen LogP contribution in [0.1, 0.15) is 12.8 Å². The van der Waals surface area contributed by atoms with Crippen molar-refractivity contribution in [2.45, 2.75) is 22.6 Å². The Balaban J connectivity index is 1.48. The first-order chi connectivity index (χ1) is 15.1. The molecule has 0 bridgehead atoms. The first kappa shape index (κ1) is 24.7. The van der Waals surface area contributed by atoms with E-state index in [4.69, 9.17) is 23.2 Å². The second-order valence-electron chi connectivity index (χ2n) is 7.25. The van der Waals surface area contributed by atoms with Crippen molar-refractivity contribution in [2.75, 3.05) is 19.6 Å². The second kappa shape index (κ2) is 10.4. The van der Waals surface area contributed by atoms with E-state index < -0.39 is 25.8 Å². The van der Waals surface area contributed by atoms with E-state index in [9.17, 15) is 21.6 Å². The van der Waals surface area contributed by atoms with Crippen LogP contribution in [-0.4, -0.2) is 46.7 Å². The molecule has 0 radical (unpaired) electrons. The highest BCUT2D eigenvalue weighted by Crippen LogP contribution is 2.25. The number of amides is 1. The average molecular weight is 517 g/mol. The summed E-state index contributed by atoms with van der Waals surface area (Å²) in [5.74, 6) is -0.716. The molecule has 0 aliphatic carbocycles. The number of carbonyl (C=O) groups excluding carboxylic acids is 1. The van der Waals surface area contributed by atoms with Crippen molar-refractivity contribution in [3.8, 4) is 0 Å². The van der Waals surface area contributed by atoms with Crippen molar-refractivity contribution in [3.63, 3.8) is 0 Å². The molecular weight excluding hydrogens is 495 g/mol. The lowest BCUT2D eigenvalue weighted by molar-refractivity contribution is -0.124. The summed E-state index contributed by atoms with van der Waals surface area (Å²) in [6, 6.07) is 11.7. The predicted molar refractivity (Wildman–Crippen MR) is 124 cm³/mol. The highest BCUT2D eigenvalue weighted by molar-refractivity contribution is 7.94. The van der Waals surface area contributed by atoms with Crippen LogP contribution in [0.4, 0.5) is 0 Å². The molecule has 0 saturated carbocycles. The number of carbonyl (C=O) groups is 1. The van der Waals surface area contributed by atoms with Crippen molar-refractivity contribution in [3.05, 3.63) is 70.1 Å². The fourth-order valence-corrected chi connectivity index (χ4v) is 6.05. The van der Waals surface area contributed by atoms with Gasteiger partial charge in [-0.2, -0.15) is 4.31 Å². The van der Waals surface area contributed by atoms with Crippen LogP contribution in [0, 0.1) is 5.92 Å². The molecule has 1 aliphatic heterocycles. The molecule has 2 aromatic carbocycles. The number of sulfone groups is 1. The second-order valence-corrected chi connectivity index (χ2v) is 11.9. The zero-order chi connectivity index (χ0) is 23.4. The van der Waals surface area contributed by atoms with E-state index in [0.717, 1.165) is 5.41 Å². The SMILES string of the molecule is O=C(NCC/C=C/S(=O)(=O)c1ccc(Cl)cc1)C1CCN(S(=O)(=O)c2ccc(Cl)cc2)C1. The molecular formula is C21H22Cl2N2O5S2. The number of hydrogen-bond acceptors (Lipinski definition) is 5. The Hall–Kier alpha value is -1.91. The molecule has 32 heavy (non-hydrogen) atoms. The monoisotopic (exact) mass is 516 g/mol. The van der Waals surface area contributed by atoms with E-state index in [1.165, 1.54) is 58.9 Å². The van der Waals surface area contributed by atoms with E-state index in [-0.39, 0.29) is 35.3 Å². The molecule has 0 spiro atoms. The molecule has 1 unspecified atom stereocenters. The maximum absolute atomic E-state index is 12.7. The van der Waals surface area contributed by atoms with Crippen LogP contribution >= 0.6 is 23.2 Å². The molecule has 1 saturated heterocycles. The zero-order valence-electron chi connectivity index (χ0n) is 16.9. The number of nitrogens with zero attached hydrogens (tertiary/aromatic N) is 1. The lowest BCUT2D eigenvalue weighted by Gasteiger charge is -2.16. The minimum atomic E-state index is -3.69. The number of rotatable bonds is 8. The van der Waals surface area contributed by atoms with Gasteiger partial charge >= 0.3 is 0 Å². The number of halogens is 2. The molecule has 1 atom stereocenters. The van der Waals surface area contributed by atoms with E-state index in [2.05, 4.69) is 5.32 Å². The van der Waals surface area contributed by atoms with Crippen LogP contribution in [0.15, 0.2) is 69.8 Å². The van der Waals surface area contributed by atoms with E-state index in [1.54, 1.807) is 0 Å². The Morgan fingerprint density at radius 3 is 2.12 bits per heavy atom. The Morgan fingerprint density at radius 2 is 1.53 bits per heavy atom. The highest BCUT2D eigenvalue weighted by atomic mass is 35.5. The topological polar surface area (TPSA) is 101 Å². The van der Waals surface area contributed by atoms with E-state index >= 15 is 0 Å². The van der Waals surface area contributed by atoms with Gasteiger partial charge in [0.05, 0.1) is 15.7 Å². The number of benzene rings is 2. The molecule has 3 rings (SSSR count). The zero-order valence-corrected chi connectivity index (χ0v) is 20.1. The Kier molecular flexibility index (Phi) is 8.00. The average Bonchev–Trinajstić information content (AvgIpc) is 3.25. The molecule has 2 aromatic rings. The van der Waals surface area contributed by atoms with Gasteiger partial charge in [-0.15, -0.1) is 0 Å². The van der Waals surface area contributed by atoms with Crippen molar-refractivity contribution in [1.82, 2.24) is 9.62 Å². The maximum atomic E-state index is 12.7. The van der Waals surface area contributed by atoms with E-state index in [0.29, 0.717) is 22.9 Å². The van der Waals surface area contributed by atoms with Crippen LogP contribution < -0.4 is 5.32 Å². The van der Waals surface area contributed by atoms with Gasteiger partial charge in [-0.25, -0.2) is 16.8 Å². The van der Waals surface area contributed by atoms with Crippen LogP contribution in [0.2, 0.25) is 10.0 Å². The summed E-state index contributed by atoms with van der Waals surface area (Å²) >= 11 is 11.6. The molecule has 1 N–H and O–H groups in total. The van der Waals surface area contributed by atoms with Crippen molar-refractivity contribution in [2.24, 2.45) is 5.92 Å². The summed E-state index contributed by atoms with van der Waals surface area (Å²) in [5, 5.41) is 4.72. The van der Waals surface area contributed by atoms with Crippen LogP contribution in [0.3, 0.4) is 0 Å². The third-order valence-electron chi connectivity index (χ3n) is 5.00. The lowest BCUT2D eigenvalue weighted by Crippen LogP contribution is -2.35. The molecule has 11 heteroatoms. The Labute approximate surface area is 198 Å². The van der Waals surface area contributed by atoms with Crippen LogP contribution in [-0.2, 0) is 24.7 Å². The predicted octanol–water partition coefficient (Wildman–Crippen LogP) is 3.50. The van der Waals surface area contributed by atoms with Gasteiger partial charge in [0.2, 0.25) is 15.9 Å². The third-order valence-corrected chi connectivity index (χ3v) is 8.86. The lowest BCUT2D eigenvalue weighted by atomic mass is 10.1. The number of hydrogen-bond donors (Lipinski definition) is 1. The van der Waals surface area contributed by atoms with Crippen molar-refractivity contribution >= 4 is 49.0 Å². The van der Waals surface area contributed by atoms with Gasteiger partial charge in [0, 0.05) is 35.1 Å². The summed E-state index contributed by atoms with van der Waals surface area (Å²) in [5.41, 5.74) is 0. The summed E-state index contributed by atoms with van der Waals surface area (Å²) in [6.45, 7) is 0.589. The van der Waals surface area contributed by atoms with Gasteiger partial charge in [0.1, 0.15) is 0 Å². The number of nitrogens with one attached hydrogen (secondary N) is 1. The summed E-state index contributed by atoms with van der Waals surface area (Å²) < 4.78 is 51.2. The fraction of sp³-hybridized carbons (Fsp3) is 0.286. The summed E-state index contributed by atoms with van der Waals surface area (Å²) in [4.78, 5) is 12.7. The minimum Gasteiger partial charge on any atom is -0.356 e. The van der Waals surface area contributed by atoms with Gasteiger partial charge < -0.3 is 5.32 Å². The minimum absolute atomic E-state index is 0.0948. The fourth-order valence-electron chi connectivity index (χ4n) is 3.24. The Bertz CT molecular complexity index is 1200. The first-order valence-electron chi connectivity index (χ1n) is 9.80. The maximum Gasteiger partial charge on any atom is 0.243 e. The first-order valence-corrected chi connectivity index (χ1v) is 13.5. The normalized spacial score (nSPS) is 17.6. The standard InChI is InChI=1S/C21H22Cl2N2O5S2/c22-17-3-7-19(8-4-17)31(27,28)14-2-1-12-24-21(26)16-11-13-25(15-16)32(29,30)20-9-5-18(23)6-10-20/h2-10,14,16H,1,11-13,15H2,(H,24,26)/b14-2+. The van der Waals surface area contributed by atoms with Gasteiger partial charge in [0.15, 0.2) is 9.84 Å². The molecule has 0 aromatic heterocycles. The number of sulfonamides is 1. The van der Waals surface area contributed by atoms with E-state index in [1.807, 2.05) is 0 Å². The van der Waals surface area contributed by atoms with Crippen LogP contribution in [0.25, 0.3) is 0 Å². The molecule has 1 aliphatic rings. The summed E-state index contributed by atoms with van der Waals surface area (Å²) in [7, 11) is -7.27. The van der Waals surface area contributed by atoms with Gasteiger partial charge in [-0.1, -0.05) is 29.3 Å². The van der Waals surface area contributed by atoms with Gasteiger partial charge in [-0.3, -0.25) is 4.79 Å². The quantitative estimate of drug-likeness (QED) is 0.541. The third kappa shape index (κ3) is 6.11. The molecule has 172 valence electrons. The van der Waals surface area contributed by atoms with Crippen molar-refractivity contribution < 1.29 is 21.6 Å². The highest BCUT2D eigenvalue weighted by Gasteiger charge is 2.35. The van der Waals surface area contributed by atoms with Crippen molar-refractivity contribution in [1.29, 1.82) is 0 Å². The van der Waals surface area contributed by atoms with Gasteiger partial charge in [0.25, 0.3) is 0 Å². The Morgan fingerprint density at radius 1 is 0.969 bits per heavy atom. The largest absolute Gasteiger partial charge is 0.356 e. The molecule has 1 heterocycles. The molecule has 1 amide bonds. The van der Waals surface area contributed by atoms with Crippen LogP contribution in [0.5, 0.6) is 0 Å².